The van der Waals surface area contributed by atoms with Gasteiger partial charge in [0.15, 0.2) is 0 Å². The Labute approximate surface area is 92.0 Å². The van der Waals surface area contributed by atoms with E-state index in [9.17, 15) is 4.79 Å². The maximum Gasteiger partial charge on any atom is 0.304 e. The highest BCUT2D eigenvalue weighted by Gasteiger charge is 2.31. The van der Waals surface area contributed by atoms with Crippen LogP contribution < -0.4 is 5.73 Å². The molecule has 0 aromatic heterocycles. The third-order valence-electron chi connectivity index (χ3n) is 3.64. The number of carboxylic acids is 1. The molecule has 1 saturated carbocycles. The summed E-state index contributed by atoms with van der Waals surface area (Å²) in [7, 11) is 0. The monoisotopic (exact) mass is 213 g/mol. The minimum atomic E-state index is -0.778. The minimum Gasteiger partial charge on any atom is -0.481 e. The van der Waals surface area contributed by atoms with Gasteiger partial charge in [0.05, 0.1) is 6.42 Å². The van der Waals surface area contributed by atoms with E-state index in [0.717, 1.165) is 24.7 Å². The van der Waals surface area contributed by atoms with Crippen molar-refractivity contribution in [2.45, 2.75) is 52.0 Å². The number of hydrogen-bond donors (Lipinski definition) is 2. The fourth-order valence-corrected chi connectivity index (χ4v) is 2.35. The summed E-state index contributed by atoms with van der Waals surface area (Å²) in [4.78, 5) is 10.6. The van der Waals surface area contributed by atoms with Crippen molar-refractivity contribution in [1.29, 1.82) is 0 Å². The van der Waals surface area contributed by atoms with Gasteiger partial charge in [-0.25, -0.2) is 0 Å². The van der Waals surface area contributed by atoms with E-state index >= 15 is 0 Å². The highest BCUT2D eigenvalue weighted by atomic mass is 16.4. The van der Waals surface area contributed by atoms with Gasteiger partial charge in [0.25, 0.3) is 0 Å². The Morgan fingerprint density at radius 2 is 2.13 bits per heavy atom. The molecule has 0 spiro atoms. The van der Waals surface area contributed by atoms with E-state index < -0.39 is 5.97 Å². The van der Waals surface area contributed by atoms with E-state index in [2.05, 4.69) is 13.8 Å². The second kappa shape index (κ2) is 5.50. The fraction of sp³-hybridized carbons (Fsp3) is 0.917. The largest absolute Gasteiger partial charge is 0.481 e. The molecule has 0 saturated heterocycles. The van der Waals surface area contributed by atoms with Crippen LogP contribution in [0.1, 0.15) is 46.0 Å². The van der Waals surface area contributed by atoms with Crippen LogP contribution >= 0.6 is 0 Å². The van der Waals surface area contributed by atoms with Crippen molar-refractivity contribution in [1.82, 2.24) is 0 Å². The SMILES string of the molecule is CCC(CC(C)C1CC1)C(N)CC(=O)O. The molecule has 0 radical (unpaired) electrons. The quantitative estimate of drug-likeness (QED) is 0.681. The molecule has 3 heteroatoms. The second-order valence-corrected chi connectivity index (χ2v) is 4.98. The first kappa shape index (κ1) is 12.5. The summed E-state index contributed by atoms with van der Waals surface area (Å²) in [5, 5.41) is 8.70. The summed E-state index contributed by atoms with van der Waals surface area (Å²) in [6, 6.07) is -0.173. The number of rotatable bonds is 7. The van der Waals surface area contributed by atoms with Crippen LogP contribution in [0.3, 0.4) is 0 Å². The molecule has 1 fully saturated rings. The summed E-state index contributed by atoms with van der Waals surface area (Å²) in [5.41, 5.74) is 5.92. The number of carbonyl (C=O) groups is 1. The Morgan fingerprint density at radius 3 is 2.53 bits per heavy atom. The van der Waals surface area contributed by atoms with Crippen LogP contribution in [0.25, 0.3) is 0 Å². The molecule has 0 aromatic carbocycles. The van der Waals surface area contributed by atoms with Crippen molar-refractivity contribution >= 4 is 5.97 Å². The van der Waals surface area contributed by atoms with Gasteiger partial charge < -0.3 is 10.8 Å². The molecule has 0 aromatic rings. The molecule has 3 nitrogen and oxygen atoms in total. The molecule has 0 bridgehead atoms. The number of hydrogen-bond acceptors (Lipinski definition) is 2. The maximum atomic E-state index is 10.6. The molecule has 88 valence electrons. The molecular formula is C12H23NO2. The van der Waals surface area contributed by atoms with Crippen molar-refractivity contribution in [3.63, 3.8) is 0 Å². The molecule has 3 N–H and O–H groups in total. The van der Waals surface area contributed by atoms with Crippen LogP contribution in [-0.2, 0) is 4.79 Å². The normalized spacial score (nSPS) is 22.1. The highest BCUT2D eigenvalue weighted by Crippen LogP contribution is 2.40. The van der Waals surface area contributed by atoms with E-state index in [1.165, 1.54) is 12.8 Å². The molecule has 0 amide bonds. The first-order valence-corrected chi connectivity index (χ1v) is 6.02. The van der Waals surface area contributed by atoms with Gasteiger partial charge in [0, 0.05) is 6.04 Å². The molecule has 3 unspecified atom stereocenters. The Kier molecular flexibility index (Phi) is 4.58. The van der Waals surface area contributed by atoms with Gasteiger partial charge in [-0.15, -0.1) is 0 Å². The minimum absolute atomic E-state index is 0.107. The van der Waals surface area contributed by atoms with Gasteiger partial charge in [-0.3, -0.25) is 4.79 Å². The Morgan fingerprint density at radius 1 is 1.53 bits per heavy atom. The van der Waals surface area contributed by atoms with Crippen LogP contribution in [0, 0.1) is 17.8 Å². The Bertz CT molecular complexity index is 214. The lowest BCUT2D eigenvalue weighted by molar-refractivity contribution is -0.137. The first-order chi connectivity index (χ1) is 7.04. The predicted molar refractivity (Wildman–Crippen MR) is 60.5 cm³/mol. The maximum absolute atomic E-state index is 10.6. The molecule has 0 aliphatic heterocycles. The summed E-state index contributed by atoms with van der Waals surface area (Å²) in [5.74, 6) is 1.20. The van der Waals surface area contributed by atoms with Crippen molar-refractivity contribution < 1.29 is 9.90 Å². The number of nitrogens with two attached hydrogens (primary N) is 1. The van der Waals surface area contributed by atoms with Crippen LogP contribution in [0.15, 0.2) is 0 Å². The molecule has 1 aliphatic rings. The first-order valence-electron chi connectivity index (χ1n) is 6.02. The predicted octanol–water partition coefficient (Wildman–Crippen LogP) is 2.25. The van der Waals surface area contributed by atoms with Crippen molar-refractivity contribution in [3.05, 3.63) is 0 Å². The molecular weight excluding hydrogens is 190 g/mol. The third kappa shape index (κ3) is 4.20. The molecule has 1 aliphatic carbocycles. The highest BCUT2D eigenvalue weighted by molar-refractivity contribution is 5.67. The van der Waals surface area contributed by atoms with E-state index in [4.69, 9.17) is 10.8 Å². The zero-order valence-corrected chi connectivity index (χ0v) is 9.78. The van der Waals surface area contributed by atoms with Gasteiger partial charge in [-0.05, 0) is 37.0 Å². The van der Waals surface area contributed by atoms with E-state index in [1.807, 2.05) is 0 Å². The van der Waals surface area contributed by atoms with Crippen LogP contribution in [0.5, 0.6) is 0 Å². The number of aliphatic carboxylic acids is 1. The van der Waals surface area contributed by atoms with E-state index in [0.29, 0.717) is 5.92 Å². The van der Waals surface area contributed by atoms with Crippen molar-refractivity contribution in [3.8, 4) is 0 Å². The smallest absolute Gasteiger partial charge is 0.304 e. The van der Waals surface area contributed by atoms with Gasteiger partial charge >= 0.3 is 5.97 Å². The summed E-state index contributed by atoms with van der Waals surface area (Å²) in [6.07, 6.45) is 4.90. The molecule has 3 atom stereocenters. The van der Waals surface area contributed by atoms with Crippen LogP contribution in [0.2, 0.25) is 0 Å². The lowest BCUT2D eigenvalue weighted by Crippen LogP contribution is -2.33. The van der Waals surface area contributed by atoms with Crippen molar-refractivity contribution in [2.24, 2.45) is 23.5 Å². The van der Waals surface area contributed by atoms with E-state index in [-0.39, 0.29) is 12.5 Å². The lowest BCUT2D eigenvalue weighted by Gasteiger charge is -2.24. The average molecular weight is 213 g/mol. The molecule has 1 rings (SSSR count). The Balaban J connectivity index is 2.35. The average Bonchev–Trinajstić information content (AvgIpc) is 2.95. The van der Waals surface area contributed by atoms with E-state index in [1.54, 1.807) is 0 Å². The standard InChI is InChI=1S/C12H23NO2/c1-3-9(11(13)7-12(14)15)6-8(2)10-4-5-10/h8-11H,3-7,13H2,1-2H3,(H,14,15). The van der Waals surface area contributed by atoms with Crippen LogP contribution in [-0.4, -0.2) is 17.1 Å². The zero-order chi connectivity index (χ0) is 11.4. The Hall–Kier alpha value is -0.570. The summed E-state index contributed by atoms with van der Waals surface area (Å²) < 4.78 is 0. The third-order valence-corrected chi connectivity index (χ3v) is 3.64. The topological polar surface area (TPSA) is 63.3 Å². The molecule has 0 heterocycles. The van der Waals surface area contributed by atoms with Gasteiger partial charge in [-0.2, -0.15) is 0 Å². The van der Waals surface area contributed by atoms with Crippen LogP contribution in [0.4, 0.5) is 0 Å². The molecule has 15 heavy (non-hydrogen) atoms. The van der Waals surface area contributed by atoms with Gasteiger partial charge in [0.1, 0.15) is 0 Å². The van der Waals surface area contributed by atoms with Crippen molar-refractivity contribution in [2.75, 3.05) is 0 Å². The fourth-order valence-electron chi connectivity index (χ4n) is 2.35. The summed E-state index contributed by atoms with van der Waals surface area (Å²) >= 11 is 0. The second-order valence-electron chi connectivity index (χ2n) is 4.98. The zero-order valence-electron chi connectivity index (χ0n) is 9.78. The van der Waals surface area contributed by atoms with Gasteiger partial charge in [-0.1, -0.05) is 20.3 Å². The number of carboxylic acid groups (broad SMARTS) is 1. The summed E-state index contributed by atoms with van der Waals surface area (Å²) in [6.45, 7) is 4.37. The van der Waals surface area contributed by atoms with Gasteiger partial charge in [0.2, 0.25) is 0 Å². The lowest BCUT2D eigenvalue weighted by atomic mass is 9.85.